The Morgan fingerprint density at radius 2 is 1.45 bits per heavy atom. The Hall–Kier alpha value is 1.37. The van der Waals surface area contributed by atoms with Gasteiger partial charge in [0.15, 0.2) is 5.40 Å². The molecule has 1 rings (SSSR count). The van der Waals surface area contributed by atoms with Crippen LogP contribution in [0.15, 0.2) is 24.3 Å². The van der Waals surface area contributed by atoms with Crippen LogP contribution in [0.2, 0.25) is 0 Å². The smallest absolute Gasteiger partial charge is 0.340 e. The molecule has 9 nitrogen and oxygen atoms in total. The largest absolute Gasteiger partial charge is 0.369 e. The molecule has 0 heterocycles. The molecule has 5 N–H and O–H groups in total. The summed E-state index contributed by atoms with van der Waals surface area (Å²) in [4.78, 5) is 50.3. The second kappa shape index (κ2) is 18.6. The minimum atomic E-state index is -4.92. The SMILES string of the molecule is O=C(CCCc1ccc(N(CCCl)CCCl)cc1)NCCCC(P(=O)(O)O)P(=O)(O)O.[Na].[Na]. The van der Waals surface area contributed by atoms with Crippen molar-refractivity contribution in [2.75, 3.05) is 36.3 Å². The van der Waals surface area contributed by atoms with Crippen molar-refractivity contribution in [1.29, 1.82) is 0 Å². The quantitative estimate of drug-likeness (QED) is 0.0941. The number of carbonyl (C=O) groups is 1. The summed E-state index contributed by atoms with van der Waals surface area (Å²) in [6.07, 6.45) is 1.26. The molecule has 180 valence electrons. The van der Waals surface area contributed by atoms with Crippen molar-refractivity contribution in [1.82, 2.24) is 5.32 Å². The standard InChI is InChI=1S/C18H30Cl2N2O7P2.2Na/c19-10-13-22(14-11-20)16-8-6-15(7-9-16)3-1-4-17(23)21-12-2-5-18(30(24,25)26)31(27,28)29;;/h6-9,18H,1-5,10-14H2,(H,21,23)(H2,24,25,26)(H2,27,28,29);;. The van der Waals surface area contributed by atoms with Gasteiger partial charge in [-0.05, 0) is 43.4 Å². The number of carbonyl (C=O) groups excluding carboxylic acids is 1. The Morgan fingerprint density at radius 3 is 1.91 bits per heavy atom. The van der Waals surface area contributed by atoms with Crippen molar-refractivity contribution in [3.05, 3.63) is 29.8 Å². The van der Waals surface area contributed by atoms with Crippen LogP contribution in [0.3, 0.4) is 0 Å². The Bertz CT molecular complexity index is 754. The molecule has 0 bridgehead atoms. The summed E-state index contributed by atoms with van der Waals surface area (Å²) < 4.78 is 22.4. The third-order valence-corrected chi connectivity index (χ3v) is 8.83. The van der Waals surface area contributed by atoms with Crippen LogP contribution in [0.1, 0.15) is 31.2 Å². The molecule has 1 aromatic rings. The first-order chi connectivity index (χ1) is 14.5. The minimum absolute atomic E-state index is 0. The number of benzene rings is 1. The van der Waals surface area contributed by atoms with Crippen molar-refractivity contribution >= 4 is 109 Å². The fraction of sp³-hybridized carbons (Fsp3) is 0.611. The molecule has 33 heavy (non-hydrogen) atoms. The molecule has 0 atom stereocenters. The average molecular weight is 565 g/mol. The maximum absolute atomic E-state index is 11.9. The summed E-state index contributed by atoms with van der Waals surface area (Å²) in [5.41, 5.74) is 2.12. The molecule has 0 spiro atoms. The number of aryl methyl sites for hydroxylation is 1. The Morgan fingerprint density at radius 1 is 0.939 bits per heavy atom. The molecule has 2 radical (unpaired) electrons. The van der Waals surface area contributed by atoms with E-state index in [1.807, 2.05) is 24.3 Å². The normalized spacial score (nSPS) is 11.5. The molecule has 0 fully saturated rings. The van der Waals surface area contributed by atoms with Gasteiger partial charge in [0.1, 0.15) is 0 Å². The van der Waals surface area contributed by atoms with E-state index in [9.17, 15) is 13.9 Å². The molecule has 0 saturated heterocycles. The second-order valence-electron chi connectivity index (χ2n) is 7.04. The monoisotopic (exact) mass is 564 g/mol. The van der Waals surface area contributed by atoms with Gasteiger partial charge in [0.2, 0.25) is 5.91 Å². The van der Waals surface area contributed by atoms with Gasteiger partial charge in [-0.1, -0.05) is 12.1 Å². The van der Waals surface area contributed by atoms with E-state index >= 15 is 0 Å². The van der Waals surface area contributed by atoms with E-state index in [1.54, 1.807) is 0 Å². The number of hydrogen-bond donors (Lipinski definition) is 5. The molecule has 1 amide bonds. The summed E-state index contributed by atoms with van der Waals surface area (Å²) in [6, 6.07) is 7.97. The van der Waals surface area contributed by atoms with Crippen molar-refractivity contribution in [3.8, 4) is 0 Å². The number of rotatable bonds is 15. The number of hydrogen-bond acceptors (Lipinski definition) is 4. The summed E-state index contributed by atoms with van der Waals surface area (Å²) in [5.74, 6) is 0.788. The second-order valence-corrected chi connectivity index (χ2v) is 11.8. The van der Waals surface area contributed by atoms with Crippen LogP contribution in [-0.2, 0) is 20.3 Å². The zero-order valence-corrected chi connectivity index (χ0v) is 26.4. The third-order valence-electron chi connectivity index (χ3n) is 4.62. The van der Waals surface area contributed by atoms with Crippen LogP contribution in [0.4, 0.5) is 5.69 Å². The molecule has 0 aliphatic heterocycles. The maximum Gasteiger partial charge on any atom is 0.340 e. The maximum atomic E-state index is 11.9. The topological polar surface area (TPSA) is 147 Å². The van der Waals surface area contributed by atoms with Crippen LogP contribution < -0.4 is 10.2 Å². The minimum Gasteiger partial charge on any atom is -0.369 e. The number of alkyl halides is 2. The first kappa shape index (κ1) is 36.5. The average Bonchev–Trinajstić information content (AvgIpc) is 2.66. The van der Waals surface area contributed by atoms with E-state index in [0.29, 0.717) is 37.7 Å². The first-order valence-electron chi connectivity index (χ1n) is 9.82. The summed E-state index contributed by atoms with van der Waals surface area (Å²) in [7, 11) is -9.85. The van der Waals surface area contributed by atoms with Crippen molar-refractivity contribution in [2.24, 2.45) is 0 Å². The number of nitrogens with one attached hydrogen (secondary N) is 1. The van der Waals surface area contributed by atoms with Crippen LogP contribution in [0, 0.1) is 0 Å². The summed E-state index contributed by atoms with van der Waals surface area (Å²) in [5, 5.41) is 0.565. The van der Waals surface area contributed by atoms with Gasteiger partial charge < -0.3 is 29.8 Å². The number of anilines is 1. The molecular weight excluding hydrogens is 535 g/mol. The Kier molecular flexibility index (Phi) is 20.6. The molecule has 0 aliphatic carbocycles. The molecular formula is C18H30Cl2N2Na2O7P2. The molecule has 0 saturated carbocycles. The predicted octanol–water partition coefficient (Wildman–Crippen LogP) is 2.11. The van der Waals surface area contributed by atoms with E-state index < -0.39 is 20.6 Å². The van der Waals surface area contributed by atoms with Gasteiger partial charge in [-0.3, -0.25) is 13.9 Å². The summed E-state index contributed by atoms with van der Waals surface area (Å²) >= 11 is 11.6. The van der Waals surface area contributed by atoms with Crippen LogP contribution >= 0.6 is 38.4 Å². The van der Waals surface area contributed by atoms with Crippen LogP contribution in [-0.4, -0.2) is 121 Å². The zero-order valence-electron chi connectivity index (χ0n) is 19.1. The molecule has 0 aliphatic rings. The fourth-order valence-corrected chi connectivity index (χ4v) is 6.05. The van der Waals surface area contributed by atoms with Gasteiger partial charge >= 0.3 is 15.2 Å². The van der Waals surface area contributed by atoms with Gasteiger partial charge in [0, 0.05) is 103 Å². The van der Waals surface area contributed by atoms with Gasteiger partial charge in [-0.2, -0.15) is 0 Å². The first-order valence-corrected chi connectivity index (χ1v) is 14.2. The van der Waals surface area contributed by atoms with E-state index in [0.717, 1.165) is 11.3 Å². The molecule has 0 aromatic heterocycles. The number of nitrogens with zero attached hydrogens (tertiary/aromatic N) is 1. The number of halogens is 2. The van der Waals surface area contributed by atoms with Gasteiger partial charge in [0.25, 0.3) is 0 Å². The van der Waals surface area contributed by atoms with Gasteiger partial charge in [-0.15, -0.1) is 23.2 Å². The summed E-state index contributed by atoms with van der Waals surface area (Å²) in [6.45, 7) is 1.49. The fourth-order valence-electron chi connectivity index (χ4n) is 3.03. The van der Waals surface area contributed by atoms with Gasteiger partial charge in [-0.25, -0.2) is 0 Å². The Balaban J connectivity index is 0. The van der Waals surface area contributed by atoms with Crippen LogP contribution in [0.25, 0.3) is 0 Å². The Labute approximate surface area is 249 Å². The van der Waals surface area contributed by atoms with E-state index in [1.165, 1.54) is 0 Å². The molecule has 1 aromatic carbocycles. The molecule has 15 heteroatoms. The zero-order chi connectivity index (χ0) is 23.5. The van der Waals surface area contributed by atoms with E-state index in [-0.39, 0.29) is 90.8 Å². The molecule has 0 unspecified atom stereocenters. The van der Waals surface area contributed by atoms with Crippen molar-refractivity contribution < 1.29 is 33.5 Å². The third kappa shape index (κ3) is 15.3. The van der Waals surface area contributed by atoms with Crippen molar-refractivity contribution in [2.45, 2.75) is 37.5 Å². The predicted molar refractivity (Wildman–Crippen MR) is 135 cm³/mol. The van der Waals surface area contributed by atoms with E-state index in [4.69, 9.17) is 42.8 Å². The van der Waals surface area contributed by atoms with Crippen molar-refractivity contribution in [3.63, 3.8) is 0 Å². The van der Waals surface area contributed by atoms with Crippen LogP contribution in [0.5, 0.6) is 0 Å². The van der Waals surface area contributed by atoms with Gasteiger partial charge in [0.05, 0.1) is 0 Å². The van der Waals surface area contributed by atoms with E-state index in [2.05, 4.69) is 10.2 Å². The number of amides is 1.